The molecule has 3 N–H and O–H groups in total. The molecule has 154 valence electrons. The summed E-state index contributed by atoms with van der Waals surface area (Å²) in [6.45, 7) is 10.3. The lowest BCUT2D eigenvalue weighted by Crippen LogP contribution is -2.30. The predicted octanol–water partition coefficient (Wildman–Crippen LogP) is 2.86. The van der Waals surface area contributed by atoms with Crippen LogP contribution in [-0.4, -0.2) is 44.5 Å². The zero-order valence-corrected chi connectivity index (χ0v) is 19.3. The van der Waals surface area contributed by atoms with E-state index in [0.717, 1.165) is 34.3 Å². The van der Waals surface area contributed by atoms with Gasteiger partial charge < -0.3 is 16.0 Å². The Bertz CT molecular complexity index is 725. The van der Waals surface area contributed by atoms with E-state index in [0.29, 0.717) is 25.0 Å². The second kappa shape index (κ2) is 12.4. The molecule has 0 aliphatic rings. The van der Waals surface area contributed by atoms with Crippen LogP contribution in [0, 0.1) is 0 Å². The molecule has 9 heteroatoms. The molecule has 6 nitrogen and oxygen atoms in total. The number of allylic oxidation sites excluding steroid dienone is 1. The van der Waals surface area contributed by atoms with Gasteiger partial charge in [-0.05, 0) is 13.8 Å². The van der Waals surface area contributed by atoms with Crippen molar-refractivity contribution < 1.29 is 8.42 Å². The maximum absolute atomic E-state index is 11.5. The summed E-state index contributed by atoms with van der Waals surface area (Å²) in [7, 11) is -3.20. The Morgan fingerprint density at radius 3 is 2.74 bits per heavy atom. The SMILES string of the molecule is CC=C(C)CNC(=CS(C)(=O)=O)NCCSCc1csc(CNC(C)C)n1. The number of nitrogens with zero attached hydrogens (tertiary/aromatic N) is 1. The fraction of sp³-hybridized carbons (Fsp3) is 0.611. The van der Waals surface area contributed by atoms with Gasteiger partial charge in [-0.25, -0.2) is 13.4 Å². The Labute approximate surface area is 172 Å². The van der Waals surface area contributed by atoms with Crippen molar-refractivity contribution in [3.05, 3.63) is 39.0 Å². The summed E-state index contributed by atoms with van der Waals surface area (Å²) in [5.41, 5.74) is 2.25. The highest BCUT2D eigenvalue weighted by atomic mass is 32.2. The summed E-state index contributed by atoms with van der Waals surface area (Å²) in [4.78, 5) is 4.63. The first-order valence-corrected chi connectivity index (χ1v) is 12.9. The number of thioether (sulfide) groups is 1. The fourth-order valence-corrected chi connectivity index (χ4v) is 4.11. The molecule has 27 heavy (non-hydrogen) atoms. The topological polar surface area (TPSA) is 83.1 Å². The van der Waals surface area contributed by atoms with Gasteiger partial charge in [-0.15, -0.1) is 11.3 Å². The standard InChI is InChI=1S/C18H32N4O2S3/c1-6-15(4)9-21-17(13-27(5,23)24)19-7-8-25-11-16-12-26-18(22-16)10-20-14(2)3/h6,12-14,19-21H,7-11H2,1-5H3. The minimum absolute atomic E-state index is 0.456. The first kappa shape index (κ1) is 24.0. The van der Waals surface area contributed by atoms with Crippen molar-refractivity contribution >= 4 is 32.9 Å². The van der Waals surface area contributed by atoms with E-state index < -0.39 is 9.84 Å². The van der Waals surface area contributed by atoms with Gasteiger partial charge in [0.05, 0.1) is 11.1 Å². The van der Waals surface area contributed by atoms with Crippen LogP contribution >= 0.6 is 23.1 Å². The molecule has 1 rings (SSSR count). The monoisotopic (exact) mass is 432 g/mol. The van der Waals surface area contributed by atoms with Gasteiger partial charge in [0.15, 0.2) is 9.84 Å². The molecular weight excluding hydrogens is 400 g/mol. The average Bonchev–Trinajstić information content (AvgIpc) is 3.03. The summed E-state index contributed by atoms with van der Waals surface area (Å²) >= 11 is 3.46. The van der Waals surface area contributed by atoms with Crippen molar-refractivity contribution in [3.63, 3.8) is 0 Å². The van der Waals surface area contributed by atoms with Gasteiger partial charge in [0, 0.05) is 48.8 Å². The third kappa shape index (κ3) is 12.1. The average molecular weight is 433 g/mol. The number of hydrogen-bond donors (Lipinski definition) is 3. The summed E-state index contributed by atoms with van der Waals surface area (Å²) in [6.07, 6.45) is 3.20. The smallest absolute Gasteiger partial charge is 0.172 e. The Morgan fingerprint density at radius 2 is 2.11 bits per heavy atom. The zero-order valence-electron chi connectivity index (χ0n) is 16.8. The molecule has 1 aromatic heterocycles. The number of thiazole rings is 1. The number of rotatable bonds is 13. The van der Waals surface area contributed by atoms with Crippen LogP contribution in [0.2, 0.25) is 0 Å². The Hall–Kier alpha value is -1.03. The normalized spacial score (nSPS) is 13.3. The lowest BCUT2D eigenvalue weighted by Gasteiger charge is -2.13. The van der Waals surface area contributed by atoms with Gasteiger partial charge in [-0.2, -0.15) is 11.8 Å². The number of hydrogen-bond acceptors (Lipinski definition) is 8. The molecule has 0 saturated carbocycles. The Kier molecular flexibility index (Phi) is 11.1. The van der Waals surface area contributed by atoms with Crippen LogP contribution in [0.4, 0.5) is 0 Å². The molecule has 0 aromatic carbocycles. The van der Waals surface area contributed by atoms with Crippen LogP contribution in [-0.2, 0) is 22.1 Å². The van der Waals surface area contributed by atoms with Gasteiger partial charge in [0.1, 0.15) is 10.8 Å². The van der Waals surface area contributed by atoms with Crippen molar-refractivity contribution in [1.29, 1.82) is 0 Å². The summed E-state index contributed by atoms with van der Waals surface area (Å²) < 4.78 is 23.1. The third-order valence-corrected chi connectivity index (χ3v) is 6.01. The summed E-state index contributed by atoms with van der Waals surface area (Å²) in [5.74, 6) is 2.26. The molecule has 0 bridgehead atoms. The molecule has 0 spiro atoms. The van der Waals surface area contributed by atoms with Crippen molar-refractivity contribution in [1.82, 2.24) is 20.9 Å². The minimum atomic E-state index is -3.20. The highest BCUT2D eigenvalue weighted by Gasteiger charge is 2.05. The lowest BCUT2D eigenvalue weighted by molar-refractivity contribution is 0.587. The van der Waals surface area contributed by atoms with Crippen LogP contribution in [0.5, 0.6) is 0 Å². The molecule has 1 heterocycles. The summed E-state index contributed by atoms with van der Waals surface area (Å²) in [6, 6.07) is 0.456. The van der Waals surface area contributed by atoms with E-state index in [2.05, 4.69) is 40.2 Å². The van der Waals surface area contributed by atoms with E-state index in [1.165, 1.54) is 11.7 Å². The molecule has 0 unspecified atom stereocenters. The molecule has 0 amide bonds. The van der Waals surface area contributed by atoms with Crippen LogP contribution < -0.4 is 16.0 Å². The molecule has 0 aliphatic heterocycles. The lowest BCUT2D eigenvalue weighted by atomic mass is 10.3. The first-order chi connectivity index (χ1) is 12.7. The first-order valence-electron chi connectivity index (χ1n) is 8.95. The second-order valence-electron chi connectivity index (χ2n) is 6.60. The van der Waals surface area contributed by atoms with E-state index in [4.69, 9.17) is 0 Å². The van der Waals surface area contributed by atoms with E-state index in [9.17, 15) is 8.42 Å². The van der Waals surface area contributed by atoms with Crippen LogP contribution in [0.3, 0.4) is 0 Å². The molecule has 0 fully saturated rings. The Morgan fingerprint density at radius 1 is 1.37 bits per heavy atom. The van der Waals surface area contributed by atoms with Gasteiger partial charge in [-0.3, -0.25) is 0 Å². The zero-order chi connectivity index (χ0) is 20.3. The van der Waals surface area contributed by atoms with E-state index in [1.807, 2.05) is 19.9 Å². The maximum Gasteiger partial charge on any atom is 0.172 e. The largest absolute Gasteiger partial charge is 0.370 e. The van der Waals surface area contributed by atoms with E-state index in [1.54, 1.807) is 23.1 Å². The minimum Gasteiger partial charge on any atom is -0.370 e. The van der Waals surface area contributed by atoms with Crippen molar-refractivity contribution in [2.75, 3.05) is 25.1 Å². The molecule has 0 atom stereocenters. The fourth-order valence-electron chi connectivity index (χ4n) is 1.92. The van der Waals surface area contributed by atoms with Crippen molar-refractivity contribution in [2.24, 2.45) is 0 Å². The highest BCUT2D eigenvalue weighted by Crippen LogP contribution is 2.15. The molecule has 1 aromatic rings. The van der Waals surface area contributed by atoms with Gasteiger partial charge in [-0.1, -0.05) is 25.5 Å². The molecule has 0 aliphatic carbocycles. The van der Waals surface area contributed by atoms with Crippen LogP contribution in [0.15, 0.2) is 28.3 Å². The van der Waals surface area contributed by atoms with E-state index >= 15 is 0 Å². The van der Waals surface area contributed by atoms with Crippen molar-refractivity contribution in [2.45, 2.75) is 46.0 Å². The highest BCUT2D eigenvalue weighted by molar-refractivity contribution is 7.98. The number of nitrogens with one attached hydrogen (secondary N) is 3. The second-order valence-corrected chi connectivity index (χ2v) is 10.5. The maximum atomic E-state index is 11.5. The van der Waals surface area contributed by atoms with E-state index in [-0.39, 0.29) is 0 Å². The van der Waals surface area contributed by atoms with Gasteiger partial charge in [0.2, 0.25) is 0 Å². The molecule has 0 saturated heterocycles. The molecule has 0 radical (unpaired) electrons. The summed E-state index contributed by atoms with van der Waals surface area (Å²) in [5, 5.41) is 14.1. The number of sulfone groups is 1. The van der Waals surface area contributed by atoms with Gasteiger partial charge in [0.25, 0.3) is 0 Å². The van der Waals surface area contributed by atoms with Crippen LogP contribution in [0.25, 0.3) is 0 Å². The molecular formula is C18H32N4O2S3. The quantitative estimate of drug-likeness (QED) is 0.326. The van der Waals surface area contributed by atoms with Gasteiger partial charge >= 0.3 is 0 Å². The number of aromatic nitrogens is 1. The third-order valence-electron chi connectivity index (χ3n) is 3.46. The van der Waals surface area contributed by atoms with Crippen molar-refractivity contribution in [3.8, 4) is 0 Å². The Balaban J connectivity index is 2.37. The van der Waals surface area contributed by atoms with Crippen LogP contribution in [0.1, 0.15) is 38.4 Å². The predicted molar refractivity (Wildman–Crippen MR) is 119 cm³/mol.